The van der Waals surface area contributed by atoms with Gasteiger partial charge in [-0.1, -0.05) is 31.2 Å². The number of nitrogens with one attached hydrogen (secondary N) is 1. The van der Waals surface area contributed by atoms with Crippen LogP contribution in [0.2, 0.25) is 0 Å². The molecule has 5 nitrogen and oxygen atoms in total. The molecule has 5 heteroatoms. The average Bonchev–Trinajstić information content (AvgIpc) is 2.75. The van der Waals surface area contributed by atoms with Crippen LogP contribution >= 0.6 is 0 Å². The van der Waals surface area contributed by atoms with Crippen molar-refractivity contribution in [1.82, 2.24) is 10.2 Å². The second-order valence-corrected chi connectivity index (χ2v) is 7.59. The second kappa shape index (κ2) is 10.3. The minimum atomic E-state index is 0.0336. The number of likely N-dealkylation sites (tertiary alicyclic amines) is 1. The Hall–Kier alpha value is -2.53. The number of rotatable bonds is 8. The predicted octanol–water partition coefficient (Wildman–Crippen LogP) is 3.59. The van der Waals surface area contributed by atoms with Crippen LogP contribution in [0.3, 0.4) is 0 Å². The molecule has 1 heterocycles. The first-order chi connectivity index (χ1) is 14.1. The second-order valence-electron chi connectivity index (χ2n) is 7.59. The normalized spacial score (nSPS) is 15.1. The van der Waals surface area contributed by atoms with Gasteiger partial charge in [-0.2, -0.15) is 0 Å². The molecule has 2 aromatic rings. The summed E-state index contributed by atoms with van der Waals surface area (Å²) in [6.45, 7) is 5.21. The number of ether oxygens (including phenoxy) is 2. The van der Waals surface area contributed by atoms with Gasteiger partial charge < -0.3 is 14.8 Å². The maximum atomic E-state index is 12.6. The van der Waals surface area contributed by atoms with E-state index < -0.39 is 0 Å². The molecule has 1 amide bonds. The van der Waals surface area contributed by atoms with Crippen LogP contribution in [0.5, 0.6) is 11.5 Å². The first-order valence-electron chi connectivity index (χ1n) is 10.4. The maximum Gasteiger partial charge on any atom is 0.224 e. The molecule has 0 radical (unpaired) electrons. The van der Waals surface area contributed by atoms with E-state index in [1.54, 1.807) is 14.2 Å². The Morgan fingerprint density at radius 3 is 2.41 bits per heavy atom. The zero-order valence-corrected chi connectivity index (χ0v) is 17.7. The molecule has 29 heavy (non-hydrogen) atoms. The number of piperidine rings is 1. The third kappa shape index (κ3) is 5.73. The molecule has 156 valence electrons. The van der Waals surface area contributed by atoms with E-state index in [-0.39, 0.29) is 11.9 Å². The molecule has 1 N–H and O–H groups in total. The summed E-state index contributed by atoms with van der Waals surface area (Å²) in [5.74, 6) is 1.48. The highest BCUT2D eigenvalue weighted by Gasteiger charge is 2.22. The highest BCUT2D eigenvalue weighted by Crippen LogP contribution is 2.24. The molecule has 1 fully saturated rings. The Kier molecular flexibility index (Phi) is 7.53. The molecule has 1 aliphatic heterocycles. The lowest BCUT2D eigenvalue weighted by molar-refractivity contribution is -0.121. The van der Waals surface area contributed by atoms with Crippen molar-refractivity contribution in [3.8, 4) is 11.5 Å². The molecular weight excluding hydrogens is 364 g/mol. The summed E-state index contributed by atoms with van der Waals surface area (Å²) in [5, 5.41) is 3.20. The molecule has 3 rings (SSSR count). The standard InChI is InChI=1S/C24H32N2O3/c1-4-18-7-5-6-8-19(18)17-26-13-11-21(12-14-26)25-24(27)16-20-15-22(28-2)9-10-23(20)29-3/h5-10,15,21H,4,11-14,16-17H2,1-3H3,(H,25,27). The number of benzene rings is 2. The van der Waals surface area contributed by atoms with Gasteiger partial charge in [0.1, 0.15) is 11.5 Å². The van der Waals surface area contributed by atoms with E-state index in [0.29, 0.717) is 12.2 Å². The van der Waals surface area contributed by atoms with Gasteiger partial charge in [-0.05, 0) is 48.6 Å². The van der Waals surface area contributed by atoms with Gasteiger partial charge in [0.05, 0.1) is 20.6 Å². The first kappa shape index (κ1) is 21.2. The Balaban J connectivity index is 1.50. The third-order valence-electron chi connectivity index (χ3n) is 5.68. The molecule has 0 atom stereocenters. The van der Waals surface area contributed by atoms with E-state index in [2.05, 4.69) is 41.4 Å². The monoisotopic (exact) mass is 396 g/mol. The van der Waals surface area contributed by atoms with Gasteiger partial charge in [0.15, 0.2) is 0 Å². The number of carbonyl (C=O) groups is 1. The lowest BCUT2D eigenvalue weighted by Gasteiger charge is -2.32. The molecule has 0 bridgehead atoms. The summed E-state index contributed by atoms with van der Waals surface area (Å²) in [6.07, 6.45) is 3.32. The summed E-state index contributed by atoms with van der Waals surface area (Å²) in [4.78, 5) is 15.1. The predicted molar refractivity (Wildman–Crippen MR) is 116 cm³/mol. The number of hydrogen-bond donors (Lipinski definition) is 1. The van der Waals surface area contributed by atoms with E-state index in [1.165, 1.54) is 11.1 Å². The van der Waals surface area contributed by atoms with Crippen LogP contribution in [0.1, 0.15) is 36.5 Å². The number of nitrogens with zero attached hydrogens (tertiary/aromatic N) is 1. The van der Waals surface area contributed by atoms with Crippen molar-refractivity contribution in [3.63, 3.8) is 0 Å². The fourth-order valence-electron chi connectivity index (χ4n) is 4.00. The van der Waals surface area contributed by atoms with E-state index >= 15 is 0 Å². The van der Waals surface area contributed by atoms with Gasteiger partial charge in [0.25, 0.3) is 0 Å². The number of aryl methyl sites for hydroxylation is 1. The van der Waals surface area contributed by atoms with E-state index in [1.807, 2.05) is 18.2 Å². The van der Waals surface area contributed by atoms with Crippen molar-refractivity contribution in [1.29, 1.82) is 0 Å². The molecule has 1 saturated heterocycles. The van der Waals surface area contributed by atoms with Gasteiger partial charge in [-0.3, -0.25) is 9.69 Å². The summed E-state index contributed by atoms with van der Waals surface area (Å²) in [7, 11) is 3.24. The fraction of sp³-hybridized carbons (Fsp3) is 0.458. The van der Waals surface area contributed by atoms with Crippen LogP contribution < -0.4 is 14.8 Å². The number of carbonyl (C=O) groups excluding carboxylic acids is 1. The number of hydrogen-bond acceptors (Lipinski definition) is 4. The maximum absolute atomic E-state index is 12.6. The minimum Gasteiger partial charge on any atom is -0.497 e. The summed E-state index contributed by atoms with van der Waals surface area (Å²) in [6, 6.07) is 14.5. The Bertz CT molecular complexity index is 814. The molecule has 2 aromatic carbocycles. The van der Waals surface area contributed by atoms with Crippen molar-refractivity contribution in [2.75, 3.05) is 27.3 Å². The van der Waals surface area contributed by atoms with Crippen LogP contribution in [0.25, 0.3) is 0 Å². The SMILES string of the molecule is CCc1ccccc1CN1CCC(NC(=O)Cc2cc(OC)ccc2OC)CC1. The largest absolute Gasteiger partial charge is 0.497 e. The molecule has 0 unspecified atom stereocenters. The average molecular weight is 397 g/mol. The van der Waals surface area contributed by atoms with Crippen molar-refractivity contribution >= 4 is 5.91 Å². The topological polar surface area (TPSA) is 50.8 Å². The highest BCUT2D eigenvalue weighted by atomic mass is 16.5. The first-order valence-corrected chi connectivity index (χ1v) is 10.4. The van der Waals surface area contributed by atoms with Crippen LogP contribution in [-0.4, -0.2) is 44.2 Å². The quantitative estimate of drug-likeness (QED) is 0.741. The molecule has 1 aliphatic rings. The van der Waals surface area contributed by atoms with Crippen LogP contribution in [0.4, 0.5) is 0 Å². The van der Waals surface area contributed by atoms with Gasteiger partial charge in [0.2, 0.25) is 5.91 Å². The zero-order chi connectivity index (χ0) is 20.6. The van der Waals surface area contributed by atoms with Crippen LogP contribution in [0.15, 0.2) is 42.5 Å². The van der Waals surface area contributed by atoms with E-state index in [0.717, 1.165) is 50.2 Å². The van der Waals surface area contributed by atoms with Crippen molar-refractivity contribution in [2.24, 2.45) is 0 Å². The lowest BCUT2D eigenvalue weighted by Crippen LogP contribution is -2.44. The lowest BCUT2D eigenvalue weighted by atomic mass is 10.0. The van der Waals surface area contributed by atoms with E-state index in [9.17, 15) is 4.79 Å². The van der Waals surface area contributed by atoms with Gasteiger partial charge in [-0.15, -0.1) is 0 Å². The van der Waals surface area contributed by atoms with E-state index in [4.69, 9.17) is 9.47 Å². The molecule has 0 aromatic heterocycles. The molecular formula is C24H32N2O3. The van der Waals surface area contributed by atoms with Gasteiger partial charge in [-0.25, -0.2) is 0 Å². The Morgan fingerprint density at radius 1 is 1.03 bits per heavy atom. The molecule has 0 saturated carbocycles. The van der Waals surface area contributed by atoms with Crippen molar-refractivity contribution in [3.05, 3.63) is 59.2 Å². The summed E-state index contributed by atoms with van der Waals surface area (Å²) >= 11 is 0. The number of methoxy groups -OCH3 is 2. The highest BCUT2D eigenvalue weighted by molar-refractivity contribution is 5.79. The van der Waals surface area contributed by atoms with Crippen molar-refractivity contribution in [2.45, 2.75) is 45.2 Å². The molecule has 0 spiro atoms. The van der Waals surface area contributed by atoms with Crippen molar-refractivity contribution < 1.29 is 14.3 Å². The van der Waals surface area contributed by atoms with Crippen LogP contribution in [0, 0.1) is 0 Å². The fourth-order valence-corrected chi connectivity index (χ4v) is 4.00. The summed E-state index contributed by atoms with van der Waals surface area (Å²) < 4.78 is 10.7. The number of amides is 1. The Morgan fingerprint density at radius 2 is 1.76 bits per heavy atom. The van der Waals surface area contributed by atoms with Crippen LogP contribution in [-0.2, 0) is 24.2 Å². The zero-order valence-electron chi connectivity index (χ0n) is 17.7. The van der Waals surface area contributed by atoms with Gasteiger partial charge in [0, 0.05) is 31.2 Å². The minimum absolute atomic E-state index is 0.0336. The van der Waals surface area contributed by atoms with Gasteiger partial charge >= 0.3 is 0 Å². The molecule has 0 aliphatic carbocycles. The third-order valence-corrected chi connectivity index (χ3v) is 5.68. The Labute approximate surface area is 174 Å². The smallest absolute Gasteiger partial charge is 0.224 e. The summed E-state index contributed by atoms with van der Waals surface area (Å²) in [5.41, 5.74) is 3.69.